The molecule has 0 radical (unpaired) electrons. The highest BCUT2D eigenvalue weighted by atomic mass is 32.1. The summed E-state index contributed by atoms with van der Waals surface area (Å²) in [6.07, 6.45) is 1.32. The SMILES string of the molecule is COc1ccc(C(=O)Cn2cnc3sc(C(=O)OCC(C)C)c(C)c3c2=O)c(OC)c1. The molecule has 0 fully saturated rings. The molecule has 2 aromatic heterocycles. The number of ether oxygens (including phenoxy) is 3. The van der Waals surface area contributed by atoms with Crippen LogP contribution in [0, 0.1) is 12.8 Å². The maximum absolute atomic E-state index is 13.0. The maximum atomic E-state index is 13.0. The molecule has 0 N–H and O–H groups in total. The minimum Gasteiger partial charge on any atom is -0.497 e. The van der Waals surface area contributed by atoms with Crippen molar-refractivity contribution in [3.8, 4) is 11.5 Å². The fourth-order valence-corrected chi connectivity index (χ4v) is 4.08. The van der Waals surface area contributed by atoms with Crippen LogP contribution in [0.25, 0.3) is 10.2 Å². The molecule has 2 heterocycles. The van der Waals surface area contributed by atoms with E-state index in [1.54, 1.807) is 25.1 Å². The zero-order chi connectivity index (χ0) is 22.7. The molecule has 8 nitrogen and oxygen atoms in total. The molecule has 0 amide bonds. The number of aromatic nitrogens is 2. The average Bonchev–Trinajstić information content (AvgIpc) is 3.10. The first kappa shape index (κ1) is 22.5. The van der Waals surface area contributed by atoms with Crippen LogP contribution in [-0.4, -0.2) is 42.1 Å². The van der Waals surface area contributed by atoms with Crippen LogP contribution in [0.4, 0.5) is 0 Å². The average molecular weight is 445 g/mol. The van der Waals surface area contributed by atoms with E-state index in [0.717, 1.165) is 11.3 Å². The number of hydrogen-bond donors (Lipinski definition) is 0. The molecule has 0 saturated heterocycles. The molecule has 0 aliphatic heterocycles. The largest absolute Gasteiger partial charge is 0.497 e. The van der Waals surface area contributed by atoms with Gasteiger partial charge < -0.3 is 14.2 Å². The van der Waals surface area contributed by atoms with E-state index in [2.05, 4.69) is 4.98 Å². The second kappa shape index (κ2) is 9.30. The quantitative estimate of drug-likeness (QED) is 0.388. The van der Waals surface area contributed by atoms with Gasteiger partial charge in [-0.15, -0.1) is 11.3 Å². The van der Waals surface area contributed by atoms with Crippen molar-refractivity contribution >= 4 is 33.3 Å². The van der Waals surface area contributed by atoms with Gasteiger partial charge in [0.05, 0.1) is 44.6 Å². The van der Waals surface area contributed by atoms with Gasteiger partial charge >= 0.3 is 5.97 Å². The molecule has 0 bridgehead atoms. The normalized spacial score (nSPS) is 11.0. The number of carbonyl (C=O) groups is 2. The van der Waals surface area contributed by atoms with E-state index in [9.17, 15) is 14.4 Å². The number of fused-ring (bicyclic) bond motifs is 1. The second-order valence-electron chi connectivity index (χ2n) is 7.40. The van der Waals surface area contributed by atoms with E-state index in [1.165, 1.54) is 25.1 Å². The zero-order valence-electron chi connectivity index (χ0n) is 18.1. The first-order valence-corrected chi connectivity index (χ1v) is 10.5. The van der Waals surface area contributed by atoms with Crippen LogP contribution in [0.2, 0.25) is 0 Å². The van der Waals surface area contributed by atoms with Crippen molar-refractivity contribution in [2.24, 2.45) is 5.92 Å². The van der Waals surface area contributed by atoms with Crippen molar-refractivity contribution in [2.45, 2.75) is 27.3 Å². The topological polar surface area (TPSA) is 96.7 Å². The summed E-state index contributed by atoms with van der Waals surface area (Å²) in [7, 11) is 2.98. The van der Waals surface area contributed by atoms with Crippen LogP contribution in [0.5, 0.6) is 11.5 Å². The first-order chi connectivity index (χ1) is 14.8. The molecule has 3 rings (SSSR count). The monoisotopic (exact) mass is 444 g/mol. The summed E-state index contributed by atoms with van der Waals surface area (Å²) in [4.78, 5) is 43.4. The number of thiophene rings is 1. The maximum Gasteiger partial charge on any atom is 0.348 e. The summed E-state index contributed by atoms with van der Waals surface area (Å²) in [5.74, 6) is 0.328. The van der Waals surface area contributed by atoms with Crippen LogP contribution in [0.3, 0.4) is 0 Å². The van der Waals surface area contributed by atoms with Gasteiger partial charge in [-0.25, -0.2) is 9.78 Å². The highest BCUT2D eigenvalue weighted by Gasteiger charge is 2.22. The van der Waals surface area contributed by atoms with Gasteiger partial charge in [-0.1, -0.05) is 13.8 Å². The Bertz CT molecular complexity index is 1190. The van der Waals surface area contributed by atoms with E-state index in [0.29, 0.717) is 44.3 Å². The van der Waals surface area contributed by atoms with Gasteiger partial charge in [0.1, 0.15) is 21.2 Å². The number of hydrogen-bond acceptors (Lipinski definition) is 8. The Balaban J connectivity index is 1.93. The number of methoxy groups -OCH3 is 2. The molecule has 0 aliphatic rings. The number of benzene rings is 1. The Morgan fingerprint density at radius 1 is 1.19 bits per heavy atom. The van der Waals surface area contributed by atoms with Crippen LogP contribution >= 0.6 is 11.3 Å². The van der Waals surface area contributed by atoms with E-state index < -0.39 is 5.97 Å². The summed E-state index contributed by atoms with van der Waals surface area (Å²) in [6.45, 7) is 5.65. The van der Waals surface area contributed by atoms with Gasteiger partial charge in [0.25, 0.3) is 5.56 Å². The lowest BCUT2D eigenvalue weighted by Crippen LogP contribution is -2.25. The molecule has 3 aromatic rings. The number of ketones is 1. The highest BCUT2D eigenvalue weighted by molar-refractivity contribution is 7.20. The van der Waals surface area contributed by atoms with Gasteiger partial charge in [-0.05, 0) is 30.5 Å². The molecule has 0 aliphatic carbocycles. The van der Waals surface area contributed by atoms with Crippen molar-refractivity contribution in [3.05, 3.63) is 50.9 Å². The summed E-state index contributed by atoms with van der Waals surface area (Å²) >= 11 is 1.11. The Morgan fingerprint density at radius 3 is 2.58 bits per heavy atom. The van der Waals surface area contributed by atoms with Gasteiger partial charge in [0.2, 0.25) is 0 Å². The van der Waals surface area contributed by atoms with E-state index >= 15 is 0 Å². The molecule has 0 saturated carbocycles. The molecular formula is C22H24N2O6S. The van der Waals surface area contributed by atoms with Gasteiger partial charge in [0, 0.05) is 6.07 Å². The molecule has 0 atom stereocenters. The van der Waals surface area contributed by atoms with E-state index in [4.69, 9.17) is 14.2 Å². The first-order valence-electron chi connectivity index (χ1n) is 9.67. The molecule has 9 heteroatoms. The van der Waals surface area contributed by atoms with E-state index in [1.807, 2.05) is 13.8 Å². The van der Waals surface area contributed by atoms with Crippen LogP contribution < -0.4 is 15.0 Å². The lowest BCUT2D eigenvalue weighted by atomic mass is 10.1. The van der Waals surface area contributed by atoms with Crippen molar-refractivity contribution in [1.82, 2.24) is 9.55 Å². The number of aryl methyl sites for hydroxylation is 1. The van der Waals surface area contributed by atoms with Crippen molar-refractivity contribution in [3.63, 3.8) is 0 Å². The lowest BCUT2D eigenvalue weighted by Gasteiger charge is -2.10. The fourth-order valence-electron chi connectivity index (χ4n) is 3.04. The van der Waals surface area contributed by atoms with Crippen molar-refractivity contribution < 1.29 is 23.8 Å². The van der Waals surface area contributed by atoms with Gasteiger partial charge in [0.15, 0.2) is 5.78 Å². The molecule has 31 heavy (non-hydrogen) atoms. The Morgan fingerprint density at radius 2 is 1.94 bits per heavy atom. The van der Waals surface area contributed by atoms with Gasteiger partial charge in [-0.3, -0.25) is 14.2 Å². The van der Waals surface area contributed by atoms with Gasteiger partial charge in [-0.2, -0.15) is 0 Å². The fraction of sp³-hybridized carbons (Fsp3) is 0.364. The van der Waals surface area contributed by atoms with Crippen molar-refractivity contribution in [1.29, 1.82) is 0 Å². The summed E-state index contributed by atoms with van der Waals surface area (Å²) in [5.41, 5.74) is 0.452. The third-order valence-corrected chi connectivity index (χ3v) is 5.85. The Kier molecular flexibility index (Phi) is 6.74. The number of esters is 1. The standard InChI is InChI=1S/C22H24N2O6S/c1-12(2)10-30-22(27)19-13(3)18-20(31-19)23-11-24(21(18)26)9-16(25)15-7-6-14(28-4)8-17(15)29-5/h6-8,11-12H,9-10H2,1-5H3. The summed E-state index contributed by atoms with van der Waals surface area (Å²) < 4.78 is 17.0. The predicted molar refractivity (Wildman–Crippen MR) is 118 cm³/mol. The second-order valence-corrected chi connectivity index (χ2v) is 8.39. The van der Waals surface area contributed by atoms with Crippen LogP contribution in [0.15, 0.2) is 29.3 Å². The summed E-state index contributed by atoms with van der Waals surface area (Å²) in [5, 5.41) is 0.318. The van der Waals surface area contributed by atoms with Crippen molar-refractivity contribution in [2.75, 3.05) is 20.8 Å². The minimum absolute atomic E-state index is 0.204. The number of Topliss-reactive ketones (excluding diaryl/α,β-unsaturated/α-hetero) is 1. The smallest absolute Gasteiger partial charge is 0.348 e. The molecular weight excluding hydrogens is 420 g/mol. The number of carbonyl (C=O) groups excluding carboxylic acids is 2. The molecule has 0 unspecified atom stereocenters. The third kappa shape index (κ3) is 4.61. The molecule has 0 spiro atoms. The number of rotatable bonds is 8. The zero-order valence-corrected chi connectivity index (χ0v) is 18.9. The summed E-state index contributed by atoms with van der Waals surface area (Å²) in [6, 6.07) is 4.85. The lowest BCUT2D eigenvalue weighted by molar-refractivity contribution is 0.0464. The Labute approximate surface area is 183 Å². The minimum atomic E-state index is -0.473. The predicted octanol–water partition coefficient (Wildman–Crippen LogP) is 3.48. The molecule has 1 aromatic carbocycles. The molecule has 164 valence electrons. The third-order valence-electron chi connectivity index (χ3n) is 4.67. The Hall–Kier alpha value is -3.20. The highest BCUT2D eigenvalue weighted by Crippen LogP contribution is 2.28. The number of nitrogens with zero attached hydrogens (tertiary/aromatic N) is 2. The van der Waals surface area contributed by atoms with E-state index in [-0.39, 0.29) is 23.8 Å². The van der Waals surface area contributed by atoms with Crippen LogP contribution in [0.1, 0.15) is 39.4 Å². The van der Waals surface area contributed by atoms with Crippen LogP contribution in [-0.2, 0) is 11.3 Å².